The van der Waals surface area contributed by atoms with Crippen LogP contribution in [0.1, 0.15) is 10.4 Å². The third-order valence-corrected chi connectivity index (χ3v) is 5.33. The zero-order valence-corrected chi connectivity index (χ0v) is 17.7. The van der Waals surface area contributed by atoms with Crippen LogP contribution in [0.5, 0.6) is 5.75 Å². The molecule has 9 nitrogen and oxygen atoms in total. The van der Waals surface area contributed by atoms with Crippen molar-refractivity contribution < 1.29 is 18.7 Å². The molecule has 0 saturated carbocycles. The van der Waals surface area contributed by atoms with Crippen LogP contribution in [-0.4, -0.2) is 39.9 Å². The molecule has 2 heterocycles. The van der Waals surface area contributed by atoms with Crippen LogP contribution in [0.4, 0.5) is 0 Å². The second-order valence-electron chi connectivity index (χ2n) is 6.26. The molecular formula is C20H16ClN5O4S. The third-order valence-electron chi connectivity index (χ3n) is 4.27. The third kappa shape index (κ3) is 4.65. The largest absolute Gasteiger partial charge is 0.496 e. The molecule has 0 spiro atoms. The lowest BCUT2D eigenvalue weighted by molar-refractivity contribution is -0.119. The van der Waals surface area contributed by atoms with Crippen molar-refractivity contribution in [2.75, 3.05) is 12.9 Å². The van der Waals surface area contributed by atoms with E-state index in [0.717, 1.165) is 28.2 Å². The quantitative estimate of drug-likeness (QED) is 0.299. The predicted molar refractivity (Wildman–Crippen MR) is 116 cm³/mol. The van der Waals surface area contributed by atoms with Gasteiger partial charge in [0.1, 0.15) is 5.75 Å². The average Bonchev–Trinajstić information content (AvgIpc) is 3.42. The molecule has 158 valence electrons. The fourth-order valence-corrected chi connectivity index (χ4v) is 3.58. The lowest BCUT2D eigenvalue weighted by Gasteiger charge is -2.10. The van der Waals surface area contributed by atoms with Crippen LogP contribution in [0.15, 0.2) is 58.3 Å². The van der Waals surface area contributed by atoms with Crippen molar-refractivity contribution in [1.29, 1.82) is 0 Å². The summed E-state index contributed by atoms with van der Waals surface area (Å²) in [7, 11) is 1.43. The van der Waals surface area contributed by atoms with Crippen molar-refractivity contribution in [3.05, 3.63) is 59.2 Å². The van der Waals surface area contributed by atoms with Crippen LogP contribution < -0.4 is 15.6 Å². The fourth-order valence-electron chi connectivity index (χ4n) is 2.84. The minimum absolute atomic E-state index is 0.0392. The zero-order valence-electron chi connectivity index (χ0n) is 16.1. The molecule has 0 fully saturated rings. The number of carbonyl (C=O) groups is 2. The van der Waals surface area contributed by atoms with E-state index in [1.165, 1.54) is 13.2 Å². The minimum atomic E-state index is -0.558. The number of aromatic nitrogens is 3. The lowest BCUT2D eigenvalue weighted by Crippen LogP contribution is -2.42. The first-order valence-corrected chi connectivity index (χ1v) is 10.4. The number of fused-ring (bicyclic) bond motifs is 1. The van der Waals surface area contributed by atoms with E-state index in [2.05, 4.69) is 26.0 Å². The van der Waals surface area contributed by atoms with Crippen molar-refractivity contribution in [3.8, 4) is 17.2 Å². The summed E-state index contributed by atoms with van der Waals surface area (Å²) >= 11 is 6.97. The van der Waals surface area contributed by atoms with Gasteiger partial charge in [-0.15, -0.1) is 10.2 Å². The molecule has 4 aromatic rings. The van der Waals surface area contributed by atoms with E-state index in [4.69, 9.17) is 20.8 Å². The standard InChI is InChI=1S/C20H16ClN5O4S/c1-29-16-7-6-11(21)8-13(16)18(28)24-23-17(27)10-31-20-26-25-19(30-20)14-9-22-15-5-3-2-4-12(14)15/h2-9,22H,10H2,1H3,(H,23,27)(H,24,28). The Bertz CT molecular complexity index is 1260. The van der Waals surface area contributed by atoms with Gasteiger partial charge in [0.05, 0.1) is 24.0 Å². The highest BCUT2D eigenvalue weighted by Gasteiger charge is 2.16. The summed E-state index contributed by atoms with van der Waals surface area (Å²) in [6, 6.07) is 12.4. The topological polar surface area (TPSA) is 122 Å². The van der Waals surface area contributed by atoms with Gasteiger partial charge in [0, 0.05) is 22.1 Å². The molecular weight excluding hydrogens is 442 g/mol. The van der Waals surface area contributed by atoms with Gasteiger partial charge in [0.15, 0.2) is 0 Å². The maximum atomic E-state index is 12.3. The summed E-state index contributed by atoms with van der Waals surface area (Å²) < 4.78 is 10.8. The number of thioether (sulfide) groups is 1. The number of hydrogen-bond donors (Lipinski definition) is 3. The first kappa shape index (κ1) is 20.8. The Morgan fingerprint density at radius 1 is 1.19 bits per heavy atom. The number of hydrogen-bond acceptors (Lipinski definition) is 7. The van der Waals surface area contributed by atoms with Gasteiger partial charge in [-0.05, 0) is 24.3 Å². The number of benzene rings is 2. The molecule has 4 rings (SSSR count). The van der Waals surface area contributed by atoms with Gasteiger partial charge in [-0.1, -0.05) is 41.6 Å². The minimum Gasteiger partial charge on any atom is -0.496 e. The van der Waals surface area contributed by atoms with E-state index in [-0.39, 0.29) is 16.5 Å². The van der Waals surface area contributed by atoms with Gasteiger partial charge in [-0.25, -0.2) is 0 Å². The number of carbonyl (C=O) groups excluding carboxylic acids is 2. The van der Waals surface area contributed by atoms with Crippen LogP contribution in [0.25, 0.3) is 22.4 Å². The Kier molecular flexibility index (Phi) is 6.10. The molecule has 0 aliphatic rings. The number of hydrazine groups is 1. The van der Waals surface area contributed by atoms with Crippen molar-refractivity contribution in [1.82, 2.24) is 26.0 Å². The molecule has 2 aromatic carbocycles. The number of amides is 2. The number of aromatic amines is 1. The van der Waals surface area contributed by atoms with Crippen LogP contribution in [0, 0.1) is 0 Å². The van der Waals surface area contributed by atoms with Crippen LogP contribution >= 0.6 is 23.4 Å². The number of methoxy groups -OCH3 is 1. The Morgan fingerprint density at radius 2 is 2.03 bits per heavy atom. The molecule has 2 amide bonds. The van der Waals surface area contributed by atoms with Gasteiger partial charge in [-0.2, -0.15) is 0 Å². The van der Waals surface area contributed by atoms with Gasteiger partial charge < -0.3 is 14.1 Å². The molecule has 0 unspecified atom stereocenters. The highest BCUT2D eigenvalue weighted by Crippen LogP contribution is 2.29. The van der Waals surface area contributed by atoms with E-state index in [1.807, 2.05) is 24.3 Å². The van der Waals surface area contributed by atoms with Gasteiger partial charge >= 0.3 is 0 Å². The number of halogens is 1. The van der Waals surface area contributed by atoms with E-state index in [0.29, 0.717) is 16.7 Å². The molecule has 0 atom stereocenters. The number of nitrogens with one attached hydrogen (secondary N) is 3. The number of nitrogens with zero attached hydrogens (tertiary/aromatic N) is 2. The van der Waals surface area contributed by atoms with E-state index >= 15 is 0 Å². The molecule has 3 N–H and O–H groups in total. The smallest absolute Gasteiger partial charge is 0.277 e. The first-order chi connectivity index (χ1) is 15.0. The summed E-state index contributed by atoms with van der Waals surface area (Å²) in [5.74, 6) is -0.367. The summed E-state index contributed by atoms with van der Waals surface area (Å²) in [5.41, 5.74) is 6.58. The summed E-state index contributed by atoms with van der Waals surface area (Å²) in [5, 5.41) is 9.57. The summed E-state index contributed by atoms with van der Waals surface area (Å²) in [6.45, 7) is 0. The average molecular weight is 458 g/mol. The second kappa shape index (κ2) is 9.11. The summed E-state index contributed by atoms with van der Waals surface area (Å²) in [6.07, 6.45) is 1.79. The maximum absolute atomic E-state index is 12.3. The number of para-hydroxylation sites is 1. The lowest BCUT2D eigenvalue weighted by atomic mass is 10.2. The van der Waals surface area contributed by atoms with Crippen LogP contribution in [-0.2, 0) is 4.79 Å². The van der Waals surface area contributed by atoms with Crippen LogP contribution in [0.3, 0.4) is 0 Å². The highest BCUT2D eigenvalue weighted by molar-refractivity contribution is 7.99. The fraction of sp³-hybridized carbons (Fsp3) is 0.100. The second-order valence-corrected chi connectivity index (χ2v) is 7.62. The van der Waals surface area contributed by atoms with Gasteiger partial charge in [0.2, 0.25) is 5.91 Å². The predicted octanol–water partition coefficient (Wildman–Crippen LogP) is 3.43. The van der Waals surface area contributed by atoms with Crippen molar-refractivity contribution in [2.45, 2.75) is 5.22 Å². The molecule has 0 radical (unpaired) electrons. The molecule has 0 bridgehead atoms. The van der Waals surface area contributed by atoms with E-state index in [9.17, 15) is 9.59 Å². The maximum Gasteiger partial charge on any atom is 0.277 e. The zero-order chi connectivity index (χ0) is 21.8. The van der Waals surface area contributed by atoms with Crippen molar-refractivity contribution in [2.24, 2.45) is 0 Å². The number of rotatable bonds is 6. The molecule has 11 heteroatoms. The first-order valence-electron chi connectivity index (χ1n) is 9.00. The molecule has 0 aliphatic heterocycles. The van der Waals surface area contributed by atoms with Crippen LogP contribution in [0.2, 0.25) is 5.02 Å². The van der Waals surface area contributed by atoms with Gasteiger partial charge in [-0.3, -0.25) is 20.4 Å². The Hall–Kier alpha value is -3.50. The Morgan fingerprint density at radius 3 is 2.87 bits per heavy atom. The number of H-pyrrole nitrogens is 1. The molecule has 0 aliphatic carbocycles. The molecule has 2 aromatic heterocycles. The van der Waals surface area contributed by atoms with Gasteiger partial charge in [0.25, 0.3) is 17.0 Å². The Balaban J connectivity index is 1.33. The van der Waals surface area contributed by atoms with E-state index < -0.39 is 11.8 Å². The molecule has 31 heavy (non-hydrogen) atoms. The van der Waals surface area contributed by atoms with E-state index in [1.54, 1.807) is 18.3 Å². The van der Waals surface area contributed by atoms with Crippen molar-refractivity contribution in [3.63, 3.8) is 0 Å². The molecule has 0 saturated heterocycles. The normalized spacial score (nSPS) is 10.8. The monoisotopic (exact) mass is 457 g/mol. The SMILES string of the molecule is COc1ccc(Cl)cc1C(=O)NNC(=O)CSc1nnc(-c2c[nH]c3ccccc23)o1. The Labute approximate surface area is 185 Å². The van der Waals surface area contributed by atoms with Crippen molar-refractivity contribution >= 4 is 46.1 Å². The summed E-state index contributed by atoms with van der Waals surface area (Å²) in [4.78, 5) is 27.5. The highest BCUT2D eigenvalue weighted by atomic mass is 35.5. The number of ether oxygens (including phenoxy) is 1.